The van der Waals surface area contributed by atoms with Crippen molar-refractivity contribution in [2.75, 3.05) is 19.0 Å². The lowest BCUT2D eigenvalue weighted by molar-refractivity contribution is 0.0949. The molecule has 2 aromatic heterocycles. The summed E-state index contributed by atoms with van der Waals surface area (Å²) < 4.78 is 20.0. The van der Waals surface area contributed by atoms with Crippen LogP contribution in [-0.2, 0) is 6.54 Å². The van der Waals surface area contributed by atoms with Gasteiger partial charge in [-0.2, -0.15) is 0 Å². The van der Waals surface area contributed by atoms with E-state index in [2.05, 4.69) is 15.3 Å². The van der Waals surface area contributed by atoms with Crippen LogP contribution in [0.2, 0.25) is 0 Å². The Morgan fingerprint density at radius 3 is 2.72 bits per heavy atom. The Balaban J connectivity index is 1.58. The van der Waals surface area contributed by atoms with Gasteiger partial charge in [0.2, 0.25) is 0 Å². The number of nitrogens with one attached hydrogen (secondary N) is 1. The SMILES string of the molecule is Cc1c(Oc2ccnc3cc(N(C)C)ccc23)cccc1C(=O)NCc1ccncc1F. The number of aromatic nitrogens is 2. The van der Waals surface area contributed by atoms with Gasteiger partial charge in [0, 0.05) is 60.8 Å². The van der Waals surface area contributed by atoms with Gasteiger partial charge in [0.25, 0.3) is 5.91 Å². The molecular formula is C25H23FN4O2. The summed E-state index contributed by atoms with van der Waals surface area (Å²) in [6.07, 6.45) is 4.32. The Labute approximate surface area is 185 Å². The lowest BCUT2D eigenvalue weighted by atomic mass is 10.1. The first-order chi connectivity index (χ1) is 15.4. The minimum atomic E-state index is -0.455. The first-order valence-corrected chi connectivity index (χ1v) is 10.1. The average molecular weight is 430 g/mol. The van der Waals surface area contributed by atoms with Crippen molar-refractivity contribution in [1.82, 2.24) is 15.3 Å². The van der Waals surface area contributed by atoms with Crippen molar-refractivity contribution >= 4 is 22.5 Å². The third-order valence-electron chi connectivity index (χ3n) is 5.25. The molecule has 2 aromatic carbocycles. The van der Waals surface area contributed by atoms with E-state index in [9.17, 15) is 9.18 Å². The maximum atomic E-state index is 13.8. The van der Waals surface area contributed by atoms with Crippen molar-refractivity contribution in [3.8, 4) is 11.5 Å². The van der Waals surface area contributed by atoms with Crippen LogP contribution in [0.3, 0.4) is 0 Å². The molecule has 0 radical (unpaired) electrons. The van der Waals surface area contributed by atoms with E-state index >= 15 is 0 Å². The number of ether oxygens (including phenoxy) is 1. The van der Waals surface area contributed by atoms with E-state index in [1.54, 1.807) is 24.4 Å². The average Bonchev–Trinajstić information content (AvgIpc) is 2.79. The molecule has 0 aliphatic rings. The van der Waals surface area contributed by atoms with Gasteiger partial charge < -0.3 is 15.0 Å². The van der Waals surface area contributed by atoms with Crippen LogP contribution in [0.25, 0.3) is 10.9 Å². The summed E-state index contributed by atoms with van der Waals surface area (Å²) in [5.74, 6) is 0.458. The normalized spacial score (nSPS) is 10.8. The molecule has 6 nitrogen and oxygen atoms in total. The van der Waals surface area contributed by atoms with E-state index < -0.39 is 5.82 Å². The highest BCUT2D eigenvalue weighted by molar-refractivity contribution is 5.96. The highest BCUT2D eigenvalue weighted by Gasteiger charge is 2.15. The second-order valence-corrected chi connectivity index (χ2v) is 7.59. The number of hydrogen-bond acceptors (Lipinski definition) is 5. The molecular weight excluding hydrogens is 407 g/mol. The first kappa shape index (κ1) is 21.2. The molecule has 0 unspecified atom stereocenters. The summed E-state index contributed by atoms with van der Waals surface area (Å²) in [5, 5.41) is 3.63. The molecule has 0 aliphatic heterocycles. The van der Waals surface area contributed by atoms with E-state index in [-0.39, 0.29) is 12.5 Å². The summed E-state index contributed by atoms with van der Waals surface area (Å²) in [6, 6.07) is 14.6. The molecule has 7 heteroatoms. The second kappa shape index (κ2) is 9.01. The van der Waals surface area contributed by atoms with Gasteiger partial charge in [-0.25, -0.2) is 4.39 Å². The monoisotopic (exact) mass is 430 g/mol. The number of benzene rings is 2. The van der Waals surface area contributed by atoms with E-state index in [0.717, 1.165) is 22.8 Å². The lowest BCUT2D eigenvalue weighted by Crippen LogP contribution is -2.24. The number of pyridine rings is 2. The van der Waals surface area contributed by atoms with Gasteiger partial charge in [0.05, 0.1) is 11.7 Å². The maximum Gasteiger partial charge on any atom is 0.251 e. The Hall–Kier alpha value is -4.00. The number of halogens is 1. The lowest BCUT2D eigenvalue weighted by Gasteiger charge is -2.16. The third-order valence-corrected chi connectivity index (χ3v) is 5.25. The van der Waals surface area contributed by atoms with Crippen LogP contribution in [0.5, 0.6) is 11.5 Å². The molecule has 0 saturated heterocycles. The predicted molar refractivity (Wildman–Crippen MR) is 123 cm³/mol. The van der Waals surface area contributed by atoms with Gasteiger partial charge in [-0.05, 0) is 49.4 Å². The maximum absolute atomic E-state index is 13.8. The summed E-state index contributed by atoms with van der Waals surface area (Å²) >= 11 is 0. The summed E-state index contributed by atoms with van der Waals surface area (Å²) in [5.41, 5.74) is 3.39. The van der Waals surface area contributed by atoms with Crippen LogP contribution in [0.1, 0.15) is 21.5 Å². The zero-order valence-corrected chi connectivity index (χ0v) is 18.1. The van der Waals surface area contributed by atoms with E-state index in [1.807, 2.05) is 50.2 Å². The third kappa shape index (κ3) is 4.37. The van der Waals surface area contributed by atoms with Crippen molar-refractivity contribution in [1.29, 1.82) is 0 Å². The molecule has 4 rings (SSSR count). The van der Waals surface area contributed by atoms with Crippen LogP contribution in [0.15, 0.2) is 67.1 Å². The van der Waals surface area contributed by atoms with Crippen LogP contribution in [0.4, 0.5) is 10.1 Å². The number of nitrogens with zero attached hydrogens (tertiary/aromatic N) is 3. The molecule has 2 heterocycles. The van der Waals surface area contributed by atoms with E-state index in [1.165, 1.54) is 12.3 Å². The molecule has 0 aliphatic carbocycles. The fourth-order valence-corrected chi connectivity index (χ4v) is 3.38. The fourth-order valence-electron chi connectivity index (χ4n) is 3.38. The molecule has 0 bridgehead atoms. The zero-order valence-electron chi connectivity index (χ0n) is 18.1. The highest BCUT2D eigenvalue weighted by Crippen LogP contribution is 2.33. The number of anilines is 1. The molecule has 1 amide bonds. The first-order valence-electron chi connectivity index (χ1n) is 10.1. The van der Waals surface area contributed by atoms with Crippen LogP contribution < -0.4 is 15.0 Å². The van der Waals surface area contributed by atoms with Gasteiger partial charge in [-0.3, -0.25) is 14.8 Å². The number of rotatable bonds is 6. The molecule has 0 atom stereocenters. The van der Waals surface area contributed by atoms with E-state index in [0.29, 0.717) is 28.2 Å². The molecule has 0 spiro atoms. The van der Waals surface area contributed by atoms with Gasteiger partial charge in [0.15, 0.2) is 0 Å². The number of carbonyl (C=O) groups is 1. The summed E-state index contributed by atoms with van der Waals surface area (Å²) in [6.45, 7) is 1.89. The quantitative estimate of drug-likeness (QED) is 0.473. The van der Waals surface area contributed by atoms with Crippen LogP contribution in [0, 0.1) is 12.7 Å². The second-order valence-electron chi connectivity index (χ2n) is 7.59. The number of fused-ring (bicyclic) bond motifs is 1. The zero-order chi connectivity index (χ0) is 22.7. The topological polar surface area (TPSA) is 67.3 Å². The van der Waals surface area contributed by atoms with Gasteiger partial charge in [-0.15, -0.1) is 0 Å². The van der Waals surface area contributed by atoms with Gasteiger partial charge in [0.1, 0.15) is 17.3 Å². The van der Waals surface area contributed by atoms with Crippen molar-refractivity contribution in [2.45, 2.75) is 13.5 Å². The molecule has 1 N–H and O–H groups in total. The minimum absolute atomic E-state index is 0.0703. The standard InChI is InChI=1S/C25H23FN4O2/c1-16-19(25(31)29-14-17-9-11-27-15-21(17)26)5-4-6-23(16)32-24-10-12-28-22-13-18(30(2)3)7-8-20(22)24/h4-13,15H,14H2,1-3H3,(H,29,31). The number of amides is 1. The summed E-state index contributed by atoms with van der Waals surface area (Å²) in [4.78, 5) is 22.9. The molecule has 0 saturated carbocycles. The fraction of sp³-hybridized carbons (Fsp3) is 0.160. The minimum Gasteiger partial charge on any atom is -0.456 e. The van der Waals surface area contributed by atoms with E-state index in [4.69, 9.17) is 4.74 Å². The molecule has 162 valence electrons. The van der Waals surface area contributed by atoms with Gasteiger partial charge in [-0.1, -0.05) is 6.07 Å². The Bertz CT molecular complexity index is 1290. The number of carbonyl (C=O) groups excluding carboxylic acids is 1. The van der Waals surface area contributed by atoms with Crippen molar-refractivity contribution in [2.24, 2.45) is 0 Å². The Morgan fingerprint density at radius 2 is 1.94 bits per heavy atom. The number of hydrogen-bond donors (Lipinski definition) is 1. The largest absolute Gasteiger partial charge is 0.456 e. The summed E-state index contributed by atoms with van der Waals surface area (Å²) in [7, 11) is 3.95. The van der Waals surface area contributed by atoms with Crippen LogP contribution in [-0.4, -0.2) is 30.0 Å². The Kier molecular flexibility index (Phi) is 5.98. The van der Waals surface area contributed by atoms with Crippen molar-refractivity contribution in [3.05, 3.63) is 89.6 Å². The van der Waals surface area contributed by atoms with Crippen molar-refractivity contribution in [3.63, 3.8) is 0 Å². The van der Waals surface area contributed by atoms with Crippen molar-refractivity contribution < 1.29 is 13.9 Å². The molecule has 0 fully saturated rings. The molecule has 4 aromatic rings. The van der Waals surface area contributed by atoms with Crippen LogP contribution >= 0.6 is 0 Å². The predicted octanol–water partition coefficient (Wildman–Crippen LogP) is 4.87. The highest BCUT2D eigenvalue weighted by atomic mass is 19.1. The smallest absolute Gasteiger partial charge is 0.251 e. The van der Waals surface area contributed by atoms with Gasteiger partial charge >= 0.3 is 0 Å². The Morgan fingerprint density at radius 1 is 1.09 bits per heavy atom. The molecule has 32 heavy (non-hydrogen) atoms.